The van der Waals surface area contributed by atoms with E-state index in [4.69, 9.17) is 0 Å². The smallest absolute Gasteiger partial charge is 0.234 e. The van der Waals surface area contributed by atoms with Crippen molar-refractivity contribution in [3.63, 3.8) is 0 Å². The van der Waals surface area contributed by atoms with Gasteiger partial charge in [0.15, 0.2) is 0 Å². The fourth-order valence-corrected chi connectivity index (χ4v) is 3.29. The Morgan fingerprint density at radius 2 is 2.23 bits per heavy atom. The van der Waals surface area contributed by atoms with Crippen LogP contribution >= 0.6 is 0 Å². The lowest BCUT2D eigenvalue weighted by atomic mass is 9.79. The van der Waals surface area contributed by atoms with E-state index in [9.17, 15) is 14.4 Å². The molecule has 0 bridgehead atoms. The quantitative estimate of drug-likeness (QED) is 0.821. The summed E-state index contributed by atoms with van der Waals surface area (Å²) in [5, 5.41) is 2.41. The molecule has 2 aliphatic rings. The topological polar surface area (TPSA) is 79.4 Å². The second-order valence-electron chi connectivity index (χ2n) is 6.18. The largest absolute Gasteiger partial charge is 0.341 e. The molecule has 2 atom stereocenters. The van der Waals surface area contributed by atoms with Gasteiger partial charge in [0.1, 0.15) is 0 Å². The summed E-state index contributed by atoms with van der Waals surface area (Å²) in [6, 6.07) is 3.69. The summed E-state index contributed by atoms with van der Waals surface area (Å²) in [5.74, 6) is -0.719. The minimum Gasteiger partial charge on any atom is -0.341 e. The Morgan fingerprint density at radius 3 is 2.91 bits per heavy atom. The summed E-state index contributed by atoms with van der Waals surface area (Å²) in [4.78, 5) is 41.9. The van der Waals surface area contributed by atoms with Crippen molar-refractivity contribution in [1.29, 1.82) is 0 Å². The van der Waals surface area contributed by atoms with Gasteiger partial charge in [-0.05, 0) is 31.4 Å². The van der Waals surface area contributed by atoms with E-state index in [0.717, 1.165) is 5.56 Å². The number of aromatic nitrogens is 1. The van der Waals surface area contributed by atoms with Crippen LogP contribution in [0.2, 0.25) is 0 Å². The van der Waals surface area contributed by atoms with Gasteiger partial charge in [-0.25, -0.2) is 0 Å². The summed E-state index contributed by atoms with van der Waals surface area (Å²) >= 11 is 0. The van der Waals surface area contributed by atoms with Crippen molar-refractivity contribution in [2.45, 2.75) is 32.1 Å². The van der Waals surface area contributed by atoms with Gasteiger partial charge in [-0.15, -0.1) is 0 Å². The molecule has 1 aromatic rings. The second-order valence-corrected chi connectivity index (χ2v) is 6.18. The highest BCUT2D eigenvalue weighted by Gasteiger charge is 2.48. The van der Waals surface area contributed by atoms with Gasteiger partial charge in [0, 0.05) is 31.9 Å². The molecule has 3 rings (SSSR count). The van der Waals surface area contributed by atoms with Crippen LogP contribution in [0.3, 0.4) is 0 Å². The van der Waals surface area contributed by atoms with E-state index in [1.165, 1.54) is 0 Å². The second kappa shape index (κ2) is 5.51. The molecule has 6 nitrogen and oxygen atoms in total. The van der Waals surface area contributed by atoms with E-state index in [1.54, 1.807) is 17.3 Å². The Kier molecular flexibility index (Phi) is 3.68. The number of imide groups is 1. The number of rotatable bonds is 2. The highest BCUT2D eigenvalue weighted by Crippen LogP contribution is 2.38. The van der Waals surface area contributed by atoms with Gasteiger partial charge < -0.3 is 4.90 Å². The summed E-state index contributed by atoms with van der Waals surface area (Å²) in [6.45, 7) is 2.81. The first-order chi connectivity index (χ1) is 10.5. The molecule has 22 heavy (non-hydrogen) atoms. The first kappa shape index (κ1) is 14.7. The first-order valence-electron chi connectivity index (χ1n) is 7.55. The van der Waals surface area contributed by atoms with Crippen LogP contribution in [0.1, 0.15) is 37.7 Å². The highest BCUT2D eigenvalue weighted by atomic mass is 16.2. The lowest BCUT2D eigenvalue weighted by Crippen LogP contribution is -2.50. The average Bonchev–Trinajstić information content (AvgIpc) is 2.96. The third-order valence-electron chi connectivity index (χ3n) is 4.79. The summed E-state index contributed by atoms with van der Waals surface area (Å²) in [6.07, 6.45) is 4.88. The molecule has 2 saturated heterocycles. The number of carbonyl (C=O) groups excluding carboxylic acids is 3. The van der Waals surface area contributed by atoms with Crippen LogP contribution in [0.4, 0.5) is 0 Å². The Morgan fingerprint density at radius 1 is 1.41 bits per heavy atom. The van der Waals surface area contributed by atoms with Crippen LogP contribution < -0.4 is 5.32 Å². The van der Waals surface area contributed by atoms with E-state index < -0.39 is 5.41 Å². The van der Waals surface area contributed by atoms with Gasteiger partial charge in [-0.2, -0.15) is 0 Å². The van der Waals surface area contributed by atoms with Gasteiger partial charge in [0.2, 0.25) is 17.7 Å². The average molecular weight is 301 g/mol. The van der Waals surface area contributed by atoms with Gasteiger partial charge in [-0.1, -0.05) is 6.07 Å². The van der Waals surface area contributed by atoms with Gasteiger partial charge in [-0.3, -0.25) is 24.7 Å². The summed E-state index contributed by atoms with van der Waals surface area (Å²) < 4.78 is 0. The standard InChI is InChI=1S/C16H19N3O3/c1-11(12-3-2-7-17-9-12)14(21)19-8-6-16(10-19)5-4-13(20)18-15(16)22/h2-3,7,9,11H,4-6,8,10H2,1H3,(H,18,20,22). The van der Waals surface area contributed by atoms with Crippen LogP contribution in [-0.2, 0) is 14.4 Å². The number of pyridine rings is 1. The number of hydrogen-bond acceptors (Lipinski definition) is 4. The van der Waals surface area contributed by atoms with E-state index >= 15 is 0 Å². The number of hydrogen-bond donors (Lipinski definition) is 1. The fourth-order valence-electron chi connectivity index (χ4n) is 3.29. The molecule has 2 unspecified atom stereocenters. The van der Waals surface area contributed by atoms with E-state index in [2.05, 4.69) is 10.3 Å². The highest BCUT2D eigenvalue weighted by molar-refractivity contribution is 6.01. The van der Waals surface area contributed by atoms with Crippen LogP contribution in [0.5, 0.6) is 0 Å². The monoisotopic (exact) mass is 301 g/mol. The van der Waals surface area contributed by atoms with Crippen LogP contribution in [0.25, 0.3) is 0 Å². The molecule has 0 aromatic carbocycles. The van der Waals surface area contributed by atoms with Gasteiger partial charge in [0.05, 0.1) is 11.3 Å². The fraction of sp³-hybridized carbons (Fsp3) is 0.500. The van der Waals surface area contributed by atoms with Crippen molar-refractivity contribution in [2.24, 2.45) is 5.41 Å². The zero-order valence-electron chi connectivity index (χ0n) is 12.5. The summed E-state index contributed by atoms with van der Waals surface area (Å²) in [5.41, 5.74) is 0.287. The minimum atomic E-state index is -0.585. The lowest BCUT2D eigenvalue weighted by Gasteiger charge is -2.31. The van der Waals surface area contributed by atoms with Crippen molar-refractivity contribution in [3.05, 3.63) is 30.1 Å². The molecule has 1 aromatic heterocycles. The predicted molar refractivity (Wildman–Crippen MR) is 78.7 cm³/mol. The molecule has 3 heterocycles. The molecule has 6 heteroatoms. The number of nitrogens with one attached hydrogen (secondary N) is 1. The molecule has 116 valence electrons. The maximum Gasteiger partial charge on any atom is 0.234 e. The molecule has 0 saturated carbocycles. The Balaban J connectivity index is 1.71. The van der Waals surface area contributed by atoms with Gasteiger partial charge >= 0.3 is 0 Å². The molecule has 2 aliphatic heterocycles. The van der Waals surface area contributed by atoms with E-state index in [-0.39, 0.29) is 23.6 Å². The number of carbonyl (C=O) groups is 3. The third-order valence-corrected chi connectivity index (χ3v) is 4.79. The van der Waals surface area contributed by atoms with Crippen molar-refractivity contribution >= 4 is 17.7 Å². The molecule has 1 spiro atoms. The lowest BCUT2D eigenvalue weighted by molar-refractivity contribution is -0.141. The Hall–Kier alpha value is -2.24. The predicted octanol–water partition coefficient (Wildman–Crippen LogP) is 0.840. The van der Waals surface area contributed by atoms with Crippen LogP contribution in [0, 0.1) is 5.41 Å². The Bertz CT molecular complexity index is 616. The molecular formula is C16H19N3O3. The molecule has 0 aliphatic carbocycles. The number of nitrogens with zero attached hydrogens (tertiary/aromatic N) is 2. The maximum atomic E-state index is 12.6. The van der Waals surface area contributed by atoms with E-state index in [1.807, 2.05) is 19.1 Å². The number of amides is 3. The summed E-state index contributed by atoms with van der Waals surface area (Å²) in [7, 11) is 0. The zero-order valence-corrected chi connectivity index (χ0v) is 12.5. The Labute approximate surface area is 128 Å². The van der Waals surface area contributed by atoms with Crippen molar-refractivity contribution in [2.75, 3.05) is 13.1 Å². The maximum absolute atomic E-state index is 12.6. The van der Waals surface area contributed by atoms with Crippen molar-refractivity contribution in [3.8, 4) is 0 Å². The normalized spacial score (nSPS) is 26.1. The van der Waals surface area contributed by atoms with Crippen LogP contribution in [-0.4, -0.2) is 40.7 Å². The molecule has 1 N–H and O–H groups in total. The molecule has 3 amide bonds. The van der Waals surface area contributed by atoms with Crippen LogP contribution in [0.15, 0.2) is 24.5 Å². The molecular weight excluding hydrogens is 282 g/mol. The third kappa shape index (κ3) is 2.49. The first-order valence-corrected chi connectivity index (χ1v) is 7.55. The van der Waals surface area contributed by atoms with E-state index in [0.29, 0.717) is 32.4 Å². The van der Waals surface area contributed by atoms with Gasteiger partial charge in [0.25, 0.3) is 0 Å². The molecule has 0 radical (unpaired) electrons. The molecule has 2 fully saturated rings. The number of likely N-dealkylation sites (tertiary alicyclic amines) is 1. The zero-order chi connectivity index (χ0) is 15.7. The minimum absolute atomic E-state index is 0.00887. The van der Waals surface area contributed by atoms with Crippen molar-refractivity contribution < 1.29 is 14.4 Å². The van der Waals surface area contributed by atoms with Crippen molar-refractivity contribution in [1.82, 2.24) is 15.2 Å². The number of piperidine rings is 1. The SMILES string of the molecule is CC(C(=O)N1CCC2(CCC(=O)NC2=O)C1)c1cccnc1.